The average Bonchev–Trinajstić information content (AvgIpc) is 3.88. The molecule has 3 heteroatoms. The molecule has 0 saturated carbocycles. The van der Waals surface area contributed by atoms with Crippen LogP contribution in [0.2, 0.25) is 0 Å². The molecule has 0 aliphatic carbocycles. The molecule has 3 nitrogen and oxygen atoms in total. The summed E-state index contributed by atoms with van der Waals surface area (Å²) in [7, 11) is 0. The van der Waals surface area contributed by atoms with Crippen molar-refractivity contribution in [1.82, 2.24) is 13.7 Å². The number of rotatable bonds is 7. The van der Waals surface area contributed by atoms with Crippen molar-refractivity contribution in [2.75, 3.05) is 0 Å². The zero-order valence-electron chi connectivity index (χ0n) is 32.7. The standard InChI is InChI=1S/C54H43N3/c1-5-16-43-38(4)55(49-23-12-9-19-44(43)49)52-26-15-22-48-46-21-11-14-25-51(46)57(54(48)52)42-33-34-47-45-20-10-13-24-50(45)56(53(47)35-42)41-31-29-40(30-32-41)37(3)28-27-36(2)39-17-7-6-8-18-39/h5-35H,1-4H3/b16-5-,36-27+,37-28+. The third-order valence-electron chi connectivity index (χ3n) is 11.7. The second-order valence-electron chi connectivity index (χ2n) is 15.0. The summed E-state index contributed by atoms with van der Waals surface area (Å²) in [6.45, 7) is 8.70. The van der Waals surface area contributed by atoms with Crippen molar-refractivity contribution < 1.29 is 0 Å². The maximum absolute atomic E-state index is 2.48. The van der Waals surface area contributed by atoms with E-state index in [9.17, 15) is 0 Å². The van der Waals surface area contributed by atoms with Crippen molar-refractivity contribution in [2.24, 2.45) is 0 Å². The van der Waals surface area contributed by atoms with Gasteiger partial charge in [0.1, 0.15) is 0 Å². The summed E-state index contributed by atoms with van der Waals surface area (Å²) in [5.41, 5.74) is 16.8. The number of para-hydroxylation sites is 4. The number of aromatic nitrogens is 3. The van der Waals surface area contributed by atoms with Crippen molar-refractivity contribution in [3.05, 3.63) is 204 Å². The number of nitrogens with zero attached hydrogens (tertiary/aromatic N) is 3. The van der Waals surface area contributed by atoms with Gasteiger partial charge in [0.15, 0.2) is 0 Å². The van der Waals surface area contributed by atoms with Gasteiger partial charge in [-0.15, -0.1) is 0 Å². The summed E-state index contributed by atoms with van der Waals surface area (Å²) >= 11 is 0. The first-order valence-corrected chi connectivity index (χ1v) is 19.8. The second-order valence-corrected chi connectivity index (χ2v) is 15.0. The molecular formula is C54H43N3. The molecule has 3 aromatic heterocycles. The Morgan fingerprint density at radius 3 is 1.65 bits per heavy atom. The van der Waals surface area contributed by atoms with Crippen molar-refractivity contribution in [3.63, 3.8) is 0 Å². The monoisotopic (exact) mass is 733 g/mol. The lowest BCUT2D eigenvalue weighted by atomic mass is 10.0. The largest absolute Gasteiger partial charge is 0.311 e. The summed E-state index contributed by atoms with van der Waals surface area (Å²) in [6, 6.07) is 59.8. The highest BCUT2D eigenvalue weighted by Gasteiger charge is 2.21. The fourth-order valence-corrected chi connectivity index (χ4v) is 8.92. The molecule has 0 aliphatic rings. The zero-order valence-corrected chi connectivity index (χ0v) is 32.7. The van der Waals surface area contributed by atoms with Crippen LogP contribution in [-0.4, -0.2) is 13.7 Å². The molecule has 0 N–H and O–H groups in total. The van der Waals surface area contributed by atoms with E-state index in [-0.39, 0.29) is 0 Å². The molecule has 0 amide bonds. The highest BCUT2D eigenvalue weighted by Crippen LogP contribution is 2.40. The van der Waals surface area contributed by atoms with Crippen LogP contribution in [0.15, 0.2) is 182 Å². The molecule has 0 radical (unpaired) electrons. The van der Waals surface area contributed by atoms with E-state index in [2.05, 4.69) is 229 Å². The van der Waals surface area contributed by atoms with E-state index in [1.54, 1.807) is 0 Å². The van der Waals surface area contributed by atoms with E-state index in [1.165, 1.54) is 93.7 Å². The minimum absolute atomic E-state index is 1.13. The SMILES string of the molecule is C/C=C\c1c(C)n(-c2cccc3c4ccccc4n(-c4ccc5c6ccccc6n(-c6ccc(/C(C)=C/C=C(\C)c7ccccc7)cc6)c5c4)c23)c2ccccc12. The number of hydrogen-bond acceptors (Lipinski definition) is 0. The summed E-state index contributed by atoms with van der Waals surface area (Å²) in [6.07, 6.45) is 8.82. The molecule has 0 atom stereocenters. The summed E-state index contributed by atoms with van der Waals surface area (Å²) in [5, 5.41) is 6.22. The Labute approximate surface area is 333 Å². The van der Waals surface area contributed by atoms with Gasteiger partial charge in [-0.2, -0.15) is 0 Å². The summed E-state index contributed by atoms with van der Waals surface area (Å²) in [5.74, 6) is 0. The first kappa shape index (κ1) is 34.4. The fourth-order valence-electron chi connectivity index (χ4n) is 8.92. The van der Waals surface area contributed by atoms with E-state index in [0.29, 0.717) is 0 Å². The molecule has 0 unspecified atom stereocenters. The third kappa shape index (κ3) is 5.58. The molecule has 0 fully saturated rings. The highest BCUT2D eigenvalue weighted by atomic mass is 15.1. The van der Waals surface area contributed by atoms with Crippen molar-refractivity contribution in [3.8, 4) is 17.1 Å². The molecule has 7 aromatic carbocycles. The van der Waals surface area contributed by atoms with Crippen LogP contribution in [0.4, 0.5) is 0 Å². The minimum atomic E-state index is 1.13. The van der Waals surface area contributed by atoms with Crippen LogP contribution < -0.4 is 0 Å². The second kappa shape index (κ2) is 13.9. The molecule has 10 aromatic rings. The van der Waals surface area contributed by atoms with Gasteiger partial charge in [-0.25, -0.2) is 0 Å². The molecule has 0 bridgehead atoms. The predicted octanol–water partition coefficient (Wildman–Crippen LogP) is 14.7. The smallest absolute Gasteiger partial charge is 0.0782 e. The Bertz CT molecular complexity index is 3250. The first-order chi connectivity index (χ1) is 28.0. The molecule has 0 spiro atoms. The molecule has 10 rings (SSSR count). The van der Waals surface area contributed by atoms with E-state index in [0.717, 1.165) is 11.4 Å². The maximum Gasteiger partial charge on any atom is 0.0782 e. The van der Waals surface area contributed by atoms with E-state index >= 15 is 0 Å². The summed E-state index contributed by atoms with van der Waals surface area (Å²) in [4.78, 5) is 0. The predicted molar refractivity (Wildman–Crippen MR) is 245 cm³/mol. The highest BCUT2D eigenvalue weighted by molar-refractivity contribution is 6.14. The lowest BCUT2D eigenvalue weighted by molar-refractivity contribution is 1.04. The molecule has 3 heterocycles. The molecule has 57 heavy (non-hydrogen) atoms. The van der Waals surface area contributed by atoms with E-state index in [4.69, 9.17) is 0 Å². The Kier molecular flexibility index (Phi) is 8.38. The first-order valence-electron chi connectivity index (χ1n) is 19.8. The van der Waals surface area contributed by atoms with Gasteiger partial charge >= 0.3 is 0 Å². The lowest BCUT2D eigenvalue weighted by Crippen LogP contribution is -2.02. The van der Waals surface area contributed by atoms with Gasteiger partial charge in [-0.3, -0.25) is 0 Å². The van der Waals surface area contributed by atoms with Gasteiger partial charge < -0.3 is 13.7 Å². The zero-order chi connectivity index (χ0) is 38.6. The van der Waals surface area contributed by atoms with Crippen molar-refractivity contribution >= 4 is 71.7 Å². The number of fused-ring (bicyclic) bond motifs is 7. The Balaban J connectivity index is 1.17. The van der Waals surface area contributed by atoms with Gasteiger partial charge in [-0.1, -0.05) is 140 Å². The quantitative estimate of drug-likeness (QED) is 0.145. The van der Waals surface area contributed by atoms with Crippen LogP contribution in [0, 0.1) is 6.92 Å². The molecule has 274 valence electrons. The number of hydrogen-bond donors (Lipinski definition) is 0. The fraction of sp³-hybridized carbons (Fsp3) is 0.0741. The molecular weight excluding hydrogens is 691 g/mol. The molecule has 0 saturated heterocycles. The lowest BCUT2D eigenvalue weighted by Gasteiger charge is -2.15. The van der Waals surface area contributed by atoms with Crippen LogP contribution in [-0.2, 0) is 0 Å². The summed E-state index contributed by atoms with van der Waals surface area (Å²) < 4.78 is 7.36. The molecule has 0 aliphatic heterocycles. The topological polar surface area (TPSA) is 14.8 Å². The van der Waals surface area contributed by atoms with Crippen LogP contribution in [0.1, 0.15) is 43.2 Å². The minimum Gasteiger partial charge on any atom is -0.311 e. The van der Waals surface area contributed by atoms with Crippen molar-refractivity contribution in [1.29, 1.82) is 0 Å². The van der Waals surface area contributed by atoms with Gasteiger partial charge in [0, 0.05) is 49.6 Å². The van der Waals surface area contributed by atoms with E-state index in [1.807, 2.05) is 0 Å². The Morgan fingerprint density at radius 1 is 0.439 bits per heavy atom. The Morgan fingerprint density at radius 2 is 0.965 bits per heavy atom. The maximum atomic E-state index is 2.48. The Hall–Kier alpha value is -7.10. The normalized spacial score (nSPS) is 12.7. The van der Waals surface area contributed by atoms with Gasteiger partial charge in [0.05, 0.1) is 33.3 Å². The van der Waals surface area contributed by atoms with Gasteiger partial charge in [-0.05, 0) is 98.5 Å². The number of benzene rings is 7. The van der Waals surface area contributed by atoms with Crippen LogP contribution in [0.25, 0.3) is 88.8 Å². The van der Waals surface area contributed by atoms with Gasteiger partial charge in [0.2, 0.25) is 0 Å². The van der Waals surface area contributed by atoms with Gasteiger partial charge in [0.25, 0.3) is 0 Å². The van der Waals surface area contributed by atoms with Crippen LogP contribution in [0.3, 0.4) is 0 Å². The van der Waals surface area contributed by atoms with Crippen molar-refractivity contribution in [2.45, 2.75) is 27.7 Å². The number of allylic oxidation sites excluding steroid dienone is 5. The third-order valence-corrected chi connectivity index (χ3v) is 11.7. The van der Waals surface area contributed by atoms with Crippen LogP contribution in [0.5, 0.6) is 0 Å². The van der Waals surface area contributed by atoms with Crippen LogP contribution >= 0.6 is 0 Å². The average molecular weight is 734 g/mol. The van der Waals surface area contributed by atoms with E-state index < -0.39 is 0 Å².